The Morgan fingerprint density at radius 3 is 2.63 bits per heavy atom. The van der Waals surface area contributed by atoms with Crippen molar-refractivity contribution in [3.63, 3.8) is 0 Å². The Labute approximate surface area is 181 Å². The van der Waals surface area contributed by atoms with E-state index >= 15 is 0 Å². The van der Waals surface area contributed by atoms with E-state index in [1.54, 1.807) is 7.11 Å². The molecular formula is C21H36IN3O2. The van der Waals surface area contributed by atoms with Crippen molar-refractivity contribution in [3.05, 3.63) is 29.8 Å². The average molecular weight is 489 g/mol. The van der Waals surface area contributed by atoms with Gasteiger partial charge in [0.05, 0.1) is 13.2 Å². The number of methoxy groups -OCH3 is 1. The van der Waals surface area contributed by atoms with Crippen LogP contribution in [-0.4, -0.2) is 45.9 Å². The second kappa shape index (κ2) is 14.0. The zero-order valence-electron chi connectivity index (χ0n) is 17.0. The fourth-order valence-corrected chi connectivity index (χ4v) is 3.41. The first kappa shape index (κ1) is 24.0. The molecule has 5 nitrogen and oxygen atoms in total. The molecule has 1 aromatic carbocycles. The SMILES string of the molecule is CN=C(NCCCOC1CCCCC1)NCC(C)c1ccccc1OC.I. The highest BCUT2D eigenvalue weighted by molar-refractivity contribution is 14.0. The molecule has 0 amide bonds. The van der Waals surface area contributed by atoms with Crippen molar-refractivity contribution in [1.29, 1.82) is 0 Å². The van der Waals surface area contributed by atoms with Crippen LogP contribution in [0.25, 0.3) is 0 Å². The molecule has 1 atom stereocenters. The maximum atomic E-state index is 5.97. The summed E-state index contributed by atoms with van der Waals surface area (Å²) in [6, 6.07) is 8.17. The molecule has 2 rings (SSSR count). The van der Waals surface area contributed by atoms with Crippen molar-refractivity contribution < 1.29 is 9.47 Å². The van der Waals surface area contributed by atoms with Crippen molar-refractivity contribution in [2.24, 2.45) is 4.99 Å². The van der Waals surface area contributed by atoms with E-state index in [0.29, 0.717) is 12.0 Å². The van der Waals surface area contributed by atoms with Gasteiger partial charge in [-0.25, -0.2) is 0 Å². The van der Waals surface area contributed by atoms with E-state index in [2.05, 4.69) is 28.6 Å². The lowest BCUT2D eigenvalue weighted by Gasteiger charge is -2.22. The molecule has 6 heteroatoms. The number of nitrogens with zero attached hydrogens (tertiary/aromatic N) is 1. The first-order valence-electron chi connectivity index (χ1n) is 9.93. The van der Waals surface area contributed by atoms with Gasteiger partial charge < -0.3 is 20.1 Å². The van der Waals surface area contributed by atoms with E-state index in [1.165, 1.54) is 37.7 Å². The Morgan fingerprint density at radius 1 is 1.19 bits per heavy atom. The highest BCUT2D eigenvalue weighted by Gasteiger charge is 2.13. The van der Waals surface area contributed by atoms with Gasteiger partial charge in [-0.3, -0.25) is 4.99 Å². The Balaban J connectivity index is 0.00000364. The van der Waals surface area contributed by atoms with E-state index < -0.39 is 0 Å². The molecule has 0 aromatic heterocycles. The van der Waals surface area contributed by atoms with Gasteiger partial charge in [-0.05, 0) is 30.9 Å². The van der Waals surface area contributed by atoms with Gasteiger partial charge in [0.1, 0.15) is 5.75 Å². The van der Waals surface area contributed by atoms with Crippen LogP contribution in [0.2, 0.25) is 0 Å². The molecule has 27 heavy (non-hydrogen) atoms. The molecule has 2 N–H and O–H groups in total. The van der Waals surface area contributed by atoms with E-state index in [4.69, 9.17) is 9.47 Å². The molecule has 1 aliphatic rings. The first-order chi connectivity index (χ1) is 12.7. The number of guanidine groups is 1. The second-order valence-corrected chi connectivity index (χ2v) is 7.01. The Morgan fingerprint density at radius 2 is 1.93 bits per heavy atom. The van der Waals surface area contributed by atoms with Crippen LogP contribution in [0.15, 0.2) is 29.3 Å². The summed E-state index contributed by atoms with van der Waals surface area (Å²) in [5.41, 5.74) is 1.21. The zero-order chi connectivity index (χ0) is 18.6. The molecule has 0 bridgehead atoms. The normalized spacial score (nSPS) is 16.3. The molecule has 0 radical (unpaired) electrons. The van der Waals surface area contributed by atoms with Gasteiger partial charge in [0.2, 0.25) is 0 Å². The van der Waals surface area contributed by atoms with Gasteiger partial charge >= 0.3 is 0 Å². The minimum atomic E-state index is 0. The Bertz CT molecular complexity index is 548. The third-order valence-corrected chi connectivity index (χ3v) is 4.99. The summed E-state index contributed by atoms with van der Waals surface area (Å²) >= 11 is 0. The molecule has 0 spiro atoms. The molecule has 1 fully saturated rings. The van der Waals surface area contributed by atoms with Crippen LogP contribution in [-0.2, 0) is 4.74 Å². The third-order valence-electron chi connectivity index (χ3n) is 4.99. The van der Waals surface area contributed by atoms with Gasteiger partial charge in [-0.2, -0.15) is 0 Å². The summed E-state index contributed by atoms with van der Waals surface area (Å²) in [5.74, 6) is 2.10. The number of nitrogens with one attached hydrogen (secondary N) is 2. The fourth-order valence-electron chi connectivity index (χ4n) is 3.41. The summed E-state index contributed by atoms with van der Waals surface area (Å²) in [6.45, 7) is 4.69. The van der Waals surface area contributed by atoms with Crippen LogP contribution in [0.3, 0.4) is 0 Å². The minimum absolute atomic E-state index is 0. The molecule has 1 aromatic rings. The molecule has 1 saturated carbocycles. The van der Waals surface area contributed by atoms with Crippen LogP contribution in [0.5, 0.6) is 5.75 Å². The van der Waals surface area contributed by atoms with Gasteiger partial charge in [-0.15, -0.1) is 24.0 Å². The molecular weight excluding hydrogens is 453 g/mol. The molecule has 0 heterocycles. The zero-order valence-corrected chi connectivity index (χ0v) is 19.3. The molecule has 0 aliphatic heterocycles. The Kier molecular flexibility index (Phi) is 12.5. The number of aliphatic imine (C=N–C) groups is 1. The van der Waals surface area contributed by atoms with Crippen molar-refractivity contribution >= 4 is 29.9 Å². The van der Waals surface area contributed by atoms with Crippen molar-refractivity contribution in [1.82, 2.24) is 10.6 Å². The van der Waals surface area contributed by atoms with Gasteiger partial charge in [-0.1, -0.05) is 44.4 Å². The lowest BCUT2D eigenvalue weighted by molar-refractivity contribution is 0.0277. The quantitative estimate of drug-likeness (QED) is 0.235. The lowest BCUT2D eigenvalue weighted by atomic mass is 9.98. The summed E-state index contributed by atoms with van der Waals surface area (Å²) < 4.78 is 11.4. The number of ether oxygens (including phenoxy) is 2. The number of hydrogen-bond acceptors (Lipinski definition) is 3. The van der Waals surface area contributed by atoms with Gasteiger partial charge in [0.15, 0.2) is 5.96 Å². The predicted molar refractivity (Wildman–Crippen MR) is 124 cm³/mol. The highest BCUT2D eigenvalue weighted by Crippen LogP contribution is 2.25. The maximum Gasteiger partial charge on any atom is 0.190 e. The first-order valence-corrected chi connectivity index (χ1v) is 9.93. The molecule has 154 valence electrons. The van der Waals surface area contributed by atoms with Crippen LogP contribution >= 0.6 is 24.0 Å². The fraction of sp³-hybridized carbons (Fsp3) is 0.667. The van der Waals surface area contributed by atoms with Crippen LogP contribution < -0.4 is 15.4 Å². The monoisotopic (exact) mass is 489 g/mol. The number of para-hydroxylation sites is 1. The number of halogens is 1. The smallest absolute Gasteiger partial charge is 0.190 e. The summed E-state index contributed by atoms with van der Waals surface area (Å²) in [4.78, 5) is 4.31. The molecule has 1 aliphatic carbocycles. The molecule has 1 unspecified atom stereocenters. The predicted octanol–water partition coefficient (Wildman–Crippen LogP) is 4.32. The average Bonchev–Trinajstić information content (AvgIpc) is 2.70. The molecule has 0 saturated heterocycles. The van der Waals surface area contributed by atoms with E-state index in [9.17, 15) is 0 Å². The third kappa shape index (κ3) is 8.68. The standard InChI is InChI=1S/C21H35N3O2.HI/c1-17(19-12-7-8-13-20(19)25-3)16-24-21(22-2)23-14-9-15-26-18-10-5-4-6-11-18;/h7-8,12-13,17-18H,4-6,9-11,14-16H2,1-3H3,(H2,22,23,24);1H. The second-order valence-electron chi connectivity index (χ2n) is 7.01. The number of rotatable bonds is 9. The van der Waals surface area contributed by atoms with Crippen molar-refractivity contribution in [3.8, 4) is 5.75 Å². The van der Waals surface area contributed by atoms with Crippen molar-refractivity contribution in [2.75, 3.05) is 33.9 Å². The van der Waals surface area contributed by atoms with Gasteiger partial charge in [0, 0.05) is 32.7 Å². The van der Waals surface area contributed by atoms with Crippen molar-refractivity contribution in [2.45, 2.75) is 57.5 Å². The van der Waals surface area contributed by atoms with E-state index in [1.807, 2.05) is 25.2 Å². The number of benzene rings is 1. The van der Waals surface area contributed by atoms with Gasteiger partial charge in [0.25, 0.3) is 0 Å². The maximum absolute atomic E-state index is 5.97. The van der Waals surface area contributed by atoms with Crippen LogP contribution in [0.1, 0.15) is 56.9 Å². The Hall–Kier alpha value is -1.02. The summed E-state index contributed by atoms with van der Waals surface area (Å²) in [7, 11) is 3.52. The summed E-state index contributed by atoms with van der Waals surface area (Å²) in [5, 5.41) is 6.77. The van der Waals surface area contributed by atoms with E-state index in [0.717, 1.165) is 37.8 Å². The van der Waals surface area contributed by atoms with Crippen LogP contribution in [0, 0.1) is 0 Å². The topological polar surface area (TPSA) is 54.9 Å². The minimum Gasteiger partial charge on any atom is -0.496 e. The van der Waals surface area contributed by atoms with E-state index in [-0.39, 0.29) is 24.0 Å². The summed E-state index contributed by atoms with van der Waals surface area (Å²) in [6.07, 6.45) is 7.97. The van der Waals surface area contributed by atoms with Crippen LogP contribution in [0.4, 0.5) is 0 Å². The number of hydrogen-bond donors (Lipinski definition) is 2. The highest BCUT2D eigenvalue weighted by atomic mass is 127. The largest absolute Gasteiger partial charge is 0.496 e. The lowest BCUT2D eigenvalue weighted by Crippen LogP contribution is -2.39.